The Morgan fingerprint density at radius 2 is 1.83 bits per heavy atom. The molecule has 1 heterocycles. The Hall–Kier alpha value is -2.23. The number of aromatic nitrogens is 1. The van der Waals surface area contributed by atoms with E-state index in [2.05, 4.69) is 22.1 Å². The number of aromatic hydroxyl groups is 1. The first-order valence-electron chi connectivity index (χ1n) is 8.43. The van der Waals surface area contributed by atoms with Crippen molar-refractivity contribution in [2.75, 3.05) is 0 Å². The van der Waals surface area contributed by atoms with Gasteiger partial charge in [0, 0.05) is 6.20 Å². The number of phenolic OH excluding ortho intramolecular Hbond substituents is 1. The molecule has 4 heteroatoms. The fraction of sp³-hybridized carbons (Fsp3) is 0.421. The van der Waals surface area contributed by atoms with Gasteiger partial charge in [-0.1, -0.05) is 45.1 Å². The van der Waals surface area contributed by atoms with Crippen LogP contribution in [0.1, 0.15) is 51.0 Å². The van der Waals surface area contributed by atoms with Gasteiger partial charge in [0.25, 0.3) is 0 Å². The Labute approximate surface area is 138 Å². The molecule has 0 atom stereocenters. The second-order valence-electron chi connectivity index (χ2n) is 5.75. The van der Waals surface area contributed by atoms with Crippen LogP contribution in [0.25, 0.3) is 0 Å². The van der Waals surface area contributed by atoms with Crippen molar-refractivity contribution in [1.82, 2.24) is 4.98 Å². The standard InChI is InChI=1S/C19H25N3O/c1-2-3-4-5-6-7-9-16-11-12-19(23)18(14-16)22-21-17-10-8-13-20-15-17/h8,10-15,23H,2-7,9H2,1H3. The van der Waals surface area contributed by atoms with Gasteiger partial charge in [0.15, 0.2) is 0 Å². The average molecular weight is 311 g/mol. The fourth-order valence-corrected chi connectivity index (χ4v) is 2.44. The van der Waals surface area contributed by atoms with Gasteiger partial charge in [-0.3, -0.25) is 4.98 Å². The van der Waals surface area contributed by atoms with Crippen molar-refractivity contribution in [3.8, 4) is 5.75 Å². The van der Waals surface area contributed by atoms with Gasteiger partial charge in [-0.25, -0.2) is 0 Å². The molecule has 0 fully saturated rings. The Morgan fingerprint density at radius 1 is 1.00 bits per heavy atom. The van der Waals surface area contributed by atoms with E-state index in [0.717, 1.165) is 6.42 Å². The maximum atomic E-state index is 9.91. The molecule has 0 unspecified atom stereocenters. The van der Waals surface area contributed by atoms with E-state index >= 15 is 0 Å². The molecule has 1 N–H and O–H groups in total. The highest BCUT2D eigenvalue weighted by atomic mass is 16.3. The summed E-state index contributed by atoms with van der Waals surface area (Å²) >= 11 is 0. The largest absolute Gasteiger partial charge is 0.506 e. The zero-order valence-electron chi connectivity index (χ0n) is 13.8. The number of hydrogen-bond donors (Lipinski definition) is 1. The summed E-state index contributed by atoms with van der Waals surface area (Å²) in [4.78, 5) is 3.99. The minimum Gasteiger partial charge on any atom is -0.506 e. The maximum absolute atomic E-state index is 9.91. The molecule has 0 radical (unpaired) electrons. The van der Waals surface area contributed by atoms with Gasteiger partial charge < -0.3 is 5.11 Å². The molecule has 0 bridgehead atoms. The number of nitrogens with zero attached hydrogens (tertiary/aromatic N) is 3. The molecular formula is C19H25N3O. The average Bonchev–Trinajstić information content (AvgIpc) is 2.59. The van der Waals surface area contributed by atoms with E-state index in [1.54, 1.807) is 18.5 Å². The van der Waals surface area contributed by atoms with Crippen molar-refractivity contribution in [3.05, 3.63) is 48.3 Å². The van der Waals surface area contributed by atoms with E-state index in [1.807, 2.05) is 24.3 Å². The van der Waals surface area contributed by atoms with Crippen molar-refractivity contribution in [1.29, 1.82) is 0 Å². The normalized spacial score (nSPS) is 11.2. The molecule has 122 valence electrons. The lowest BCUT2D eigenvalue weighted by molar-refractivity contribution is 0.476. The van der Waals surface area contributed by atoms with Gasteiger partial charge in [-0.15, -0.1) is 10.2 Å². The van der Waals surface area contributed by atoms with Crippen molar-refractivity contribution in [2.45, 2.75) is 51.9 Å². The van der Waals surface area contributed by atoms with E-state index < -0.39 is 0 Å². The second kappa shape index (κ2) is 9.72. The lowest BCUT2D eigenvalue weighted by Gasteiger charge is -2.04. The second-order valence-corrected chi connectivity index (χ2v) is 5.75. The van der Waals surface area contributed by atoms with E-state index in [0.29, 0.717) is 11.4 Å². The van der Waals surface area contributed by atoms with Crippen molar-refractivity contribution < 1.29 is 5.11 Å². The zero-order chi connectivity index (χ0) is 16.3. The van der Waals surface area contributed by atoms with Gasteiger partial charge in [-0.2, -0.15) is 0 Å². The highest BCUT2D eigenvalue weighted by Gasteiger charge is 2.02. The number of rotatable bonds is 9. The number of pyridine rings is 1. The van der Waals surface area contributed by atoms with Crippen LogP contribution in [0.2, 0.25) is 0 Å². The van der Waals surface area contributed by atoms with Gasteiger partial charge >= 0.3 is 0 Å². The van der Waals surface area contributed by atoms with Crippen LogP contribution in [-0.4, -0.2) is 10.1 Å². The molecule has 0 saturated heterocycles. The number of benzene rings is 1. The summed E-state index contributed by atoms with van der Waals surface area (Å²) in [6.45, 7) is 2.23. The molecule has 23 heavy (non-hydrogen) atoms. The zero-order valence-corrected chi connectivity index (χ0v) is 13.8. The Bertz CT molecular complexity index is 611. The molecule has 1 aromatic heterocycles. The van der Waals surface area contributed by atoms with Crippen molar-refractivity contribution in [2.24, 2.45) is 10.2 Å². The summed E-state index contributed by atoms with van der Waals surface area (Å²) in [5.41, 5.74) is 2.38. The molecule has 0 aliphatic carbocycles. The summed E-state index contributed by atoms with van der Waals surface area (Å²) in [7, 11) is 0. The predicted molar refractivity (Wildman–Crippen MR) is 93.6 cm³/mol. The van der Waals surface area contributed by atoms with Gasteiger partial charge in [0.2, 0.25) is 0 Å². The van der Waals surface area contributed by atoms with E-state index in [4.69, 9.17) is 0 Å². The molecule has 1 aromatic carbocycles. The first-order chi connectivity index (χ1) is 11.3. The van der Waals surface area contributed by atoms with Crippen LogP contribution < -0.4 is 0 Å². The number of unbranched alkanes of at least 4 members (excludes halogenated alkanes) is 5. The van der Waals surface area contributed by atoms with E-state index in [9.17, 15) is 5.11 Å². The van der Waals surface area contributed by atoms with Gasteiger partial charge in [0.05, 0.1) is 6.20 Å². The van der Waals surface area contributed by atoms with Crippen LogP contribution in [0.5, 0.6) is 5.75 Å². The lowest BCUT2D eigenvalue weighted by Crippen LogP contribution is -1.86. The van der Waals surface area contributed by atoms with Crippen molar-refractivity contribution >= 4 is 11.4 Å². The number of phenols is 1. The van der Waals surface area contributed by atoms with Crippen LogP contribution in [0.15, 0.2) is 53.0 Å². The SMILES string of the molecule is CCCCCCCCc1ccc(O)c(N=Nc2cccnc2)c1. The van der Waals surface area contributed by atoms with Crippen LogP contribution in [0.3, 0.4) is 0 Å². The molecule has 2 rings (SSSR count). The van der Waals surface area contributed by atoms with E-state index in [1.165, 1.54) is 44.1 Å². The summed E-state index contributed by atoms with van der Waals surface area (Å²) < 4.78 is 0. The van der Waals surface area contributed by atoms with Gasteiger partial charge in [-0.05, 0) is 42.7 Å². The first kappa shape index (κ1) is 17.1. The molecule has 0 saturated carbocycles. The third-order valence-electron chi connectivity index (χ3n) is 3.78. The molecule has 2 aromatic rings. The monoisotopic (exact) mass is 311 g/mol. The summed E-state index contributed by atoms with van der Waals surface area (Å²) in [5, 5.41) is 18.2. The third-order valence-corrected chi connectivity index (χ3v) is 3.78. The lowest BCUT2D eigenvalue weighted by atomic mass is 10.0. The Balaban J connectivity index is 1.90. The molecule has 0 spiro atoms. The van der Waals surface area contributed by atoms with Crippen molar-refractivity contribution in [3.63, 3.8) is 0 Å². The minimum absolute atomic E-state index is 0.157. The highest BCUT2D eigenvalue weighted by molar-refractivity contribution is 5.52. The number of aryl methyl sites for hydroxylation is 1. The quantitative estimate of drug-likeness (QED) is 0.449. The molecule has 0 aliphatic rings. The predicted octanol–water partition coefficient (Wildman–Crippen LogP) is 6.11. The van der Waals surface area contributed by atoms with Crippen LogP contribution in [-0.2, 0) is 6.42 Å². The first-order valence-corrected chi connectivity index (χ1v) is 8.43. The number of azo groups is 1. The molecule has 0 amide bonds. The fourth-order valence-electron chi connectivity index (χ4n) is 2.44. The van der Waals surface area contributed by atoms with Crippen LogP contribution in [0, 0.1) is 0 Å². The van der Waals surface area contributed by atoms with E-state index in [-0.39, 0.29) is 5.75 Å². The van der Waals surface area contributed by atoms with Crippen LogP contribution >= 0.6 is 0 Å². The third kappa shape index (κ3) is 6.19. The summed E-state index contributed by atoms with van der Waals surface area (Å²) in [6, 6.07) is 9.21. The number of hydrogen-bond acceptors (Lipinski definition) is 4. The Kier molecular flexibility index (Phi) is 7.24. The molecule has 0 aliphatic heterocycles. The molecule has 4 nitrogen and oxygen atoms in total. The highest BCUT2D eigenvalue weighted by Crippen LogP contribution is 2.29. The smallest absolute Gasteiger partial charge is 0.143 e. The van der Waals surface area contributed by atoms with Gasteiger partial charge in [0.1, 0.15) is 17.1 Å². The van der Waals surface area contributed by atoms with Crippen LogP contribution in [0.4, 0.5) is 11.4 Å². The topological polar surface area (TPSA) is 57.8 Å². The summed E-state index contributed by atoms with van der Waals surface area (Å²) in [6.07, 6.45) is 12.0. The molecular weight excluding hydrogens is 286 g/mol. The maximum Gasteiger partial charge on any atom is 0.143 e. The minimum atomic E-state index is 0.157. The summed E-state index contributed by atoms with van der Waals surface area (Å²) in [5.74, 6) is 0.157. The Morgan fingerprint density at radius 3 is 2.61 bits per heavy atom.